The Labute approximate surface area is 128 Å². The zero-order valence-electron chi connectivity index (χ0n) is 13.5. The van der Waals surface area contributed by atoms with Crippen molar-refractivity contribution < 1.29 is 8.42 Å². The van der Waals surface area contributed by atoms with Crippen molar-refractivity contribution >= 4 is 10.0 Å². The highest BCUT2D eigenvalue weighted by Gasteiger charge is 2.17. The first-order valence-electron chi connectivity index (χ1n) is 7.47. The molecule has 1 aromatic rings. The van der Waals surface area contributed by atoms with Crippen molar-refractivity contribution in [3.8, 4) is 0 Å². The minimum atomic E-state index is -3.45. The normalized spacial score (nSPS) is 12.8. The SMILES string of the molecule is CCCNCCn1cc(S(=O)(=O)NCCC(C)(C)C)cn1. The van der Waals surface area contributed by atoms with Gasteiger partial charge in [-0.1, -0.05) is 27.7 Å². The highest BCUT2D eigenvalue weighted by atomic mass is 32.2. The Balaban J connectivity index is 2.50. The molecule has 1 aromatic heterocycles. The molecule has 0 aliphatic carbocycles. The van der Waals surface area contributed by atoms with Gasteiger partial charge < -0.3 is 5.32 Å². The van der Waals surface area contributed by atoms with Crippen LogP contribution in [0.2, 0.25) is 0 Å². The summed E-state index contributed by atoms with van der Waals surface area (Å²) in [6.45, 7) is 11.2. The Bertz CT molecular complexity index is 517. The van der Waals surface area contributed by atoms with E-state index in [2.05, 4.69) is 42.8 Å². The summed E-state index contributed by atoms with van der Waals surface area (Å²) in [5.74, 6) is 0. The van der Waals surface area contributed by atoms with Gasteiger partial charge in [-0.3, -0.25) is 4.68 Å². The van der Waals surface area contributed by atoms with Gasteiger partial charge in [0, 0.05) is 19.3 Å². The fourth-order valence-electron chi connectivity index (χ4n) is 1.74. The molecule has 0 spiro atoms. The molecule has 122 valence electrons. The maximum atomic E-state index is 12.1. The molecule has 0 radical (unpaired) electrons. The molecule has 0 aliphatic heterocycles. The van der Waals surface area contributed by atoms with E-state index in [0.717, 1.165) is 25.9 Å². The second kappa shape index (κ2) is 7.91. The summed E-state index contributed by atoms with van der Waals surface area (Å²) >= 11 is 0. The molecule has 0 amide bonds. The summed E-state index contributed by atoms with van der Waals surface area (Å²) in [5.41, 5.74) is 0.109. The van der Waals surface area contributed by atoms with Crippen molar-refractivity contribution in [2.75, 3.05) is 19.6 Å². The van der Waals surface area contributed by atoms with Crippen LogP contribution in [-0.2, 0) is 16.6 Å². The highest BCUT2D eigenvalue weighted by molar-refractivity contribution is 7.89. The Hall–Kier alpha value is -0.920. The third-order valence-corrected chi connectivity index (χ3v) is 4.45. The smallest absolute Gasteiger partial charge is 0.243 e. The molecule has 0 aromatic carbocycles. The van der Waals surface area contributed by atoms with Gasteiger partial charge in [0.15, 0.2) is 0 Å². The van der Waals surface area contributed by atoms with Crippen molar-refractivity contribution in [3.05, 3.63) is 12.4 Å². The average Bonchev–Trinajstić information content (AvgIpc) is 2.82. The summed E-state index contributed by atoms with van der Waals surface area (Å²) in [7, 11) is -3.45. The lowest BCUT2D eigenvalue weighted by molar-refractivity contribution is 0.378. The van der Waals surface area contributed by atoms with Gasteiger partial charge in [-0.15, -0.1) is 0 Å². The molecule has 6 nitrogen and oxygen atoms in total. The van der Waals surface area contributed by atoms with Crippen LogP contribution < -0.4 is 10.0 Å². The second-order valence-corrected chi connectivity index (χ2v) is 8.16. The van der Waals surface area contributed by atoms with Gasteiger partial charge in [-0.25, -0.2) is 13.1 Å². The van der Waals surface area contributed by atoms with Gasteiger partial charge in [0.05, 0.1) is 12.7 Å². The van der Waals surface area contributed by atoms with Crippen LogP contribution in [0.5, 0.6) is 0 Å². The summed E-state index contributed by atoms with van der Waals surface area (Å²) < 4.78 is 28.5. The predicted octanol–water partition coefficient (Wildman–Crippen LogP) is 1.60. The Morgan fingerprint density at radius 2 is 1.95 bits per heavy atom. The van der Waals surface area contributed by atoms with E-state index in [1.165, 1.54) is 6.20 Å². The number of hydrogen-bond acceptors (Lipinski definition) is 4. The predicted molar refractivity (Wildman–Crippen MR) is 84.6 cm³/mol. The van der Waals surface area contributed by atoms with E-state index in [1.807, 2.05) is 0 Å². The lowest BCUT2D eigenvalue weighted by atomic mass is 9.93. The first-order valence-corrected chi connectivity index (χ1v) is 8.96. The van der Waals surface area contributed by atoms with Crippen LogP contribution in [0, 0.1) is 5.41 Å². The molecule has 0 aliphatic rings. The molecule has 0 bridgehead atoms. The first kappa shape index (κ1) is 18.1. The third-order valence-electron chi connectivity index (χ3n) is 3.03. The van der Waals surface area contributed by atoms with E-state index in [9.17, 15) is 8.42 Å². The summed E-state index contributed by atoms with van der Waals surface area (Å²) in [4.78, 5) is 0.229. The van der Waals surface area contributed by atoms with Gasteiger partial charge in [0.1, 0.15) is 4.90 Å². The second-order valence-electron chi connectivity index (χ2n) is 6.40. The number of aromatic nitrogens is 2. The van der Waals surface area contributed by atoms with Crippen molar-refractivity contribution in [2.24, 2.45) is 5.41 Å². The molecule has 0 saturated heterocycles. The van der Waals surface area contributed by atoms with E-state index in [-0.39, 0.29) is 10.3 Å². The monoisotopic (exact) mass is 316 g/mol. The number of nitrogens with zero attached hydrogens (tertiary/aromatic N) is 2. The number of hydrogen-bond donors (Lipinski definition) is 2. The fourth-order valence-corrected chi connectivity index (χ4v) is 2.73. The topological polar surface area (TPSA) is 76.0 Å². The Morgan fingerprint density at radius 1 is 1.24 bits per heavy atom. The van der Waals surface area contributed by atoms with Crippen LogP contribution in [0.4, 0.5) is 0 Å². The van der Waals surface area contributed by atoms with Crippen molar-refractivity contribution in [2.45, 2.75) is 52.0 Å². The molecule has 7 heteroatoms. The van der Waals surface area contributed by atoms with Crippen LogP contribution in [0.1, 0.15) is 40.5 Å². The minimum Gasteiger partial charge on any atom is -0.315 e. The molecule has 0 atom stereocenters. The van der Waals surface area contributed by atoms with Crippen molar-refractivity contribution in [1.29, 1.82) is 0 Å². The van der Waals surface area contributed by atoms with Crippen LogP contribution in [-0.4, -0.2) is 37.8 Å². The summed E-state index contributed by atoms with van der Waals surface area (Å²) in [5, 5.41) is 7.35. The molecule has 1 rings (SSSR count). The fraction of sp³-hybridized carbons (Fsp3) is 0.786. The molecule has 0 saturated carbocycles. The Morgan fingerprint density at radius 3 is 2.57 bits per heavy atom. The molecule has 1 heterocycles. The van der Waals surface area contributed by atoms with Crippen LogP contribution in [0.25, 0.3) is 0 Å². The van der Waals surface area contributed by atoms with Gasteiger partial charge in [0.25, 0.3) is 0 Å². The Kier molecular flexibility index (Phi) is 6.83. The van der Waals surface area contributed by atoms with E-state index < -0.39 is 10.0 Å². The molecule has 0 unspecified atom stereocenters. The van der Waals surface area contributed by atoms with Gasteiger partial charge in [0.2, 0.25) is 10.0 Å². The lowest BCUT2D eigenvalue weighted by Crippen LogP contribution is -2.27. The van der Waals surface area contributed by atoms with Crippen LogP contribution >= 0.6 is 0 Å². The van der Waals surface area contributed by atoms with Crippen LogP contribution in [0.15, 0.2) is 17.3 Å². The highest BCUT2D eigenvalue weighted by Crippen LogP contribution is 2.17. The van der Waals surface area contributed by atoms with Crippen molar-refractivity contribution in [3.63, 3.8) is 0 Å². The average molecular weight is 316 g/mol. The summed E-state index contributed by atoms with van der Waals surface area (Å²) in [6, 6.07) is 0. The molecule has 2 N–H and O–H groups in total. The van der Waals surface area contributed by atoms with E-state index in [1.54, 1.807) is 10.9 Å². The molecular weight excluding hydrogens is 288 g/mol. The number of nitrogens with one attached hydrogen (secondary N) is 2. The van der Waals surface area contributed by atoms with Gasteiger partial charge in [-0.2, -0.15) is 5.10 Å². The maximum Gasteiger partial charge on any atom is 0.243 e. The number of rotatable bonds is 9. The van der Waals surface area contributed by atoms with E-state index in [4.69, 9.17) is 0 Å². The third kappa shape index (κ3) is 7.06. The maximum absolute atomic E-state index is 12.1. The minimum absolute atomic E-state index is 0.109. The number of sulfonamides is 1. The van der Waals surface area contributed by atoms with E-state index in [0.29, 0.717) is 13.1 Å². The lowest BCUT2D eigenvalue weighted by Gasteiger charge is -2.17. The van der Waals surface area contributed by atoms with Gasteiger partial charge in [-0.05, 0) is 24.8 Å². The van der Waals surface area contributed by atoms with E-state index >= 15 is 0 Å². The largest absolute Gasteiger partial charge is 0.315 e. The zero-order valence-corrected chi connectivity index (χ0v) is 14.3. The molecular formula is C14H28N4O2S. The quantitative estimate of drug-likeness (QED) is 0.679. The standard InChI is InChI=1S/C14H28N4O2S/c1-5-7-15-9-10-18-12-13(11-16-18)21(19,20)17-8-6-14(2,3)4/h11-12,15,17H,5-10H2,1-4H3. The van der Waals surface area contributed by atoms with Crippen molar-refractivity contribution in [1.82, 2.24) is 19.8 Å². The zero-order chi connectivity index (χ0) is 15.9. The summed E-state index contributed by atoms with van der Waals surface area (Å²) in [6.07, 6.45) is 4.85. The first-order chi connectivity index (χ1) is 9.74. The molecule has 0 fully saturated rings. The van der Waals surface area contributed by atoms with Gasteiger partial charge >= 0.3 is 0 Å². The van der Waals surface area contributed by atoms with Crippen LogP contribution in [0.3, 0.4) is 0 Å². The molecule has 21 heavy (non-hydrogen) atoms.